The summed E-state index contributed by atoms with van der Waals surface area (Å²) in [6, 6.07) is 1.48. The number of rotatable bonds is 0. The summed E-state index contributed by atoms with van der Waals surface area (Å²) in [5.41, 5.74) is 2.38. The summed E-state index contributed by atoms with van der Waals surface area (Å²) in [7, 11) is 0.0622. The third-order valence-corrected chi connectivity index (χ3v) is 2.99. The third-order valence-electron chi connectivity index (χ3n) is 1.11. The molecule has 1 radical (unpaired) electrons. The van der Waals surface area contributed by atoms with Gasteiger partial charge in [-0.15, -0.1) is 5.67 Å². The molecule has 0 N–H and O–H groups in total. The molecule has 0 saturated heterocycles. The van der Waals surface area contributed by atoms with Crippen LogP contribution in [0.25, 0.3) is 0 Å². The SMILES string of the molecule is C[Si]1=C[CH]CC1. The highest BCUT2D eigenvalue weighted by molar-refractivity contribution is 6.67. The van der Waals surface area contributed by atoms with Crippen LogP contribution in [0.5, 0.6) is 0 Å². The van der Waals surface area contributed by atoms with E-state index >= 15 is 0 Å². The van der Waals surface area contributed by atoms with E-state index in [1.165, 1.54) is 12.5 Å². The van der Waals surface area contributed by atoms with Gasteiger partial charge in [0.1, 0.15) is 0 Å². The van der Waals surface area contributed by atoms with Crippen LogP contribution in [-0.4, -0.2) is 14.1 Å². The van der Waals surface area contributed by atoms with Gasteiger partial charge in [-0.2, -0.15) is 0 Å². The summed E-state index contributed by atoms with van der Waals surface area (Å²) in [5.74, 6) is 0. The van der Waals surface area contributed by atoms with E-state index in [2.05, 4.69) is 18.6 Å². The van der Waals surface area contributed by atoms with E-state index in [0.29, 0.717) is 0 Å². The summed E-state index contributed by atoms with van der Waals surface area (Å²) >= 11 is 0. The average Bonchev–Trinajstić information content (AvgIpc) is 1.86. The van der Waals surface area contributed by atoms with Crippen LogP contribution in [0.2, 0.25) is 12.6 Å². The van der Waals surface area contributed by atoms with Crippen LogP contribution < -0.4 is 0 Å². The average molecular weight is 97.2 g/mol. The second kappa shape index (κ2) is 1.69. The van der Waals surface area contributed by atoms with Crippen molar-refractivity contribution in [2.45, 2.75) is 19.0 Å². The van der Waals surface area contributed by atoms with Crippen molar-refractivity contribution in [2.75, 3.05) is 0 Å². The Hall–Kier alpha value is 0.0869. The van der Waals surface area contributed by atoms with Crippen molar-refractivity contribution in [1.82, 2.24) is 0 Å². The molecule has 0 atom stereocenters. The molecule has 1 aliphatic rings. The van der Waals surface area contributed by atoms with Crippen molar-refractivity contribution in [2.24, 2.45) is 0 Å². The van der Waals surface area contributed by atoms with Gasteiger partial charge < -0.3 is 0 Å². The molecule has 0 aromatic rings. The Kier molecular flexibility index (Phi) is 1.20. The lowest BCUT2D eigenvalue weighted by Gasteiger charge is -1.77. The van der Waals surface area contributed by atoms with Gasteiger partial charge in [0.15, 0.2) is 0 Å². The molecule has 0 spiro atoms. The Morgan fingerprint density at radius 1 is 1.67 bits per heavy atom. The van der Waals surface area contributed by atoms with E-state index in [4.69, 9.17) is 0 Å². The van der Waals surface area contributed by atoms with E-state index in [1.54, 1.807) is 0 Å². The van der Waals surface area contributed by atoms with Crippen molar-refractivity contribution in [3.63, 3.8) is 0 Å². The first-order valence-electron chi connectivity index (χ1n) is 2.38. The molecule has 0 saturated carbocycles. The van der Waals surface area contributed by atoms with Crippen LogP contribution in [0.4, 0.5) is 0 Å². The molecule has 0 aromatic carbocycles. The minimum atomic E-state index is 0.0622. The van der Waals surface area contributed by atoms with Gasteiger partial charge in [0.05, 0.1) is 0 Å². The minimum Gasteiger partial charge on any atom is -0.100 e. The predicted octanol–water partition coefficient (Wildman–Crippen LogP) is 1.10. The lowest BCUT2D eigenvalue weighted by atomic mass is 10.4. The van der Waals surface area contributed by atoms with Crippen molar-refractivity contribution in [3.05, 3.63) is 6.42 Å². The fourth-order valence-electron chi connectivity index (χ4n) is 0.679. The van der Waals surface area contributed by atoms with E-state index in [-0.39, 0.29) is 8.41 Å². The predicted molar refractivity (Wildman–Crippen MR) is 31.4 cm³/mol. The highest BCUT2D eigenvalue weighted by atomic mass is 28.2. The van der Waals surface area contributed by atoms with E-state index in [9.17, 15) is 0 Å². The fourth-order valence-corrected chi connectivity index (χ4v) is 2.04. The van der Waals surface area contributed by atoms with Crippen LogP contribution in [0, 0.1) is 6.42 Å². The first kappa shape index (κ1) is 4.25. The number of hydrogen-bond acceptors (Lipinski definition) is 0. The van der Waals surface area contributed by atoms with Crippen LogP contribution in [0.15, 0.2) is 0 Å². The lowest BCUT2D eigenvalue weighted by molar-refractivity contribution is 1.18. The second-order valence-electron chi connectivity index (χ2n) is 1.79. The van der Waals surface area contributed by atoms with E-state index in [1.807, 2.05) is 0 Å². The van der Waals surface area contributed by atoms with Gasteiger partial charge in [-0.3, -0.25) is 0 Å². The topological polar surface area (TPSA) is 0 Å². The zero-order valence-corrected chi connectivity index (χ0v) is 5.07. The molecule has 0 unspecified atom stereocenters. The molecular formula is C5H9Si. The van der Waals surface area contributed by atoms with Crippen LogP contribution in [0.1, 0.15) is 6.42 Å². The first-order valence-corrected chi connectivity index (χ1v) is 4.67. The number of hydrogen-bond donors (Lipinski definition) is 0. The van der Waals surface area contributed by atoms with E-state index in [0.717, 1.165) is 0 Å². The van der Waals surface area contributed by atoms with Gasteiger partial charge >= 0.3 is 0 Å². The van der Waals surface area contributed by atoms with Crippen molar-refractivity contribution in [3.8, 4) is 0 Å². The summed E-state index contributed by atoms with van der Waals surface area (Å²) in [6.07, 6.45) is 3.65. The largest absolute Gasteiger partial charge is 0.100 e. The Labute approximate surface area is 40.4 Å². The van der Waals surface area contributed by atoms with Crippen molar-refractivity contribution >= 4 is 14.1 Å². The van der Waals surface area contributed by atoms with Crippen LogP contribution in [0.3, 0.4) is 0 Å². The molecular weight excluding hydrogens is 88.1 g/mol. The Morgan fingerprint density at radius 3 is 2.67 bits per heavy atom. The maximum absolute atomic E-state index is 2.38. The highest BCUT2D eigenvalue weighted by Gasteiger charge is 1.96. The standard InChI is InChI=1S/C5H9Si/c1-6-4-2-3-5-6/h2,4H,3,5H2,1H3. The normalized spacial score (nSPS) is 21.2. The van der Waals surface area contributed by atoms with Gasteiger partial charge in [-0.05, 0) is 18.9 Å². The second-order valence-corrected chi connectivity index (χ2v) is 4.31. The summed E-state index contributed by atoms with van der Waals surface area (Å²) in [5, 5.41) is 0. The Morgan fingerprint density at radius 2 is 2.50 bits per heavy atom. The molecule has 0 bridgehead atoms. The maximum Gasteiger partial charge on any atom is 0.00232 e. The third kappa shape index (κ3) is 0.775. The lowest BCUT2D eigenvalue weighted by Crippen LogP contribution is -1.85. The summed E-state index contributed by atoms with van der Waals surface area (Å²) in [6.45, 7) is 2.36. The zero-order valence-electron chi connectivity index (χ0n) is 4.07. The Balaban J connectivity index is 2.45. The van der Waals surface area contributed by atoms with Gasteiger partial charge in [0, 0.05) is 8.41 Å². The van der Waals surface area contributed by atoms with Gasteiger partial charge in [0.2, 0.25) is 0 Å². The molecule has 0 fully saturated rings. The van der Waals surface area contributed by atoms with Crippen LogP contribution in [-0.2, 0) is 0 Å². The Bertz CT molecular complexity index is 74.0. The van der Waals surface area contributed by atoms with Crippen LogP contribution >= 0.6 is 0 Å². The molecule has 1 heterocycles. The molecule has 0 amide bonds. The molecule has 0 aromatic heterocycles. The highest BCUT2D eigenvalue weighted by Crippen LogP contribution is 2.00. The van der Waals surface area contributed by atoms with E-state index < -0.39 is 0 Å². The summed E-state index contributed by atoms with van der Waals surface area (Å²) < 4.78 is 0. The molecule has 0 nitrogen and oxygen atoms in total. The van der Waals surface area contributed by atoms with Gasteiger partial charge in [-0.25, -0.2) is 0 Å². The first-order chi connectivity index (χ1) is 2.89. The van der Waals surface area contributed by atoms with Crippen molar-refractivity contribution in [1.29, 1.82) is 0 Å². The monoisotopic (exact) mass is 97.0 g/mol. The molecule has 6 heavy (non-hydrogen) atoms. The molecule has 1 heteroatoms. The smallest absolute Gasteiger partial charge is 0.00232 e. The van der Waals surface area contributed by atoms with Crippen molar-refractivity contribution < 1.29 is 0 Å². The molecule has 1 rings (SSSR count). The molecule has 33 valence electrons. The fraction of sp³-hybridized carbons (Fsp3) is 0.600. The molecule has 1 aliphatic heterocycles. The maximum atomic E-state index is 2.38. The van der Waals surface area contributed by atoms with Gasteiger partial charge in [-0.1, -0.05) is 6.55 Å². The van der Waals surface area contributed by atoms with Gasteiger partial charge in [0.25, 0.3) is 0 Å². The summed E-state index contributed by atoms with van der Waals surface area (Å²) in [4.78, 5) is 0. The molecule has 0 aliphatic carbocycles. The zero-order chi connectivity index (χ0) is 4.41. The quantitative estimate of drug-likeness (QED) is 0.397. The minimum absolute atomic E-state index is 0.0622.